The summed E-state index contributed by atoms with van der Waals surface area (Å²) in [7, 11) is 0. The molecule has 0 bridgehead atoms. The zero-order valence-corrected chi connectivity index (χ0v) is 17.4. The topological polar surface area (TPSA) is 9.23 Å². The van der Waals surface area contributed by atoms with Crippen LogP contribution in [0.5, 0.6) is 0 Å². The summed E-state index contributed by atoms with van der Waals surface area (Å²) in [5.74, 6) is 0. The van der Waals surface area contributed by atoms with Crippen molar-refractivity contribution in [2.45, 2.75) is 90.1 Å². The van der Waals surface area contributed by atoms with Crippen LogP contribution in [-0.2, 0) is 4.74 Å². The minimum atomic E-state index is -2.20. The summed E-state index contributed by atoms with van der Waals surface area (Å²) in [5.41, 5.74) is 0. The molecule has 0 heterocycles. The van der Waals surface area contributed by atoms with Crippen molar-refractivity contribution >= 4 is 18.4 Å². The molecule has 0 amide bonds. The number of rotatable bonds is 14. The van der Waals surface area contributed by atoms with Crippen molar-refractivity contribution in [1.29, 1.82) is 0 Å². The van der Waals surface area contributed by atoms with Crippen molar-refractivity contribution in [3.05, 3.63) is 12.7 Å². The molecule has 0 aliphatic rings. The zero-order valence-electron chi connectivity index (χ0n) is 14.5. The fourth-order valence-corrected chi connectivity index (χ4v) is 20.6. The van der Waals surface area contributed by atoms with Crippen LogP contribution in [0.1, 0.15) is 72.6 Å². The van der Waals surface area contributed by atoms with E-state index in [4.69, 9.17) is 4.74 Å². The first-order valence-corrected chi connectivity index (χ1v) is 16.6. The minimum absolute atomic E-state index is 0.580. The molecule has 1 unspecified atom stereocenters. The summed E-state index contributed by atoms with van der Waals surface area (Å²) >= 11 is -2.20. The van der Waals surface area contributed by atoms with Gasteiger partial charge in [0.25, 0.3) is 0 Å². The average Bonchev–Trinajstić information content (AvgIpc) is 2.47. The van der Waals surface area contributed by atoms with Crippen LogP contribution in [0.25, 0.3) is 0 Å². The molecular weight excluding hydrogens is 351 g/mol. The molecule has 0 aromatic carbocycles. The number of hydrogen-bond acceptors (Lipinski definition) is 1. The molecule has 0 aromatic heterocycles. The Morgan fingerprint density at radius 3 is 1.65 bits per heavy atom. The van der Waals surface area contributed by atoms with Gasteiger partial charge in [-0.1, -0.05) is 0 Å². The second kappa shape index (κ2) is 13.2. The van der Waals surface area contributed by atoms with Crippen LogP contribution in [0.3, 0.4) is 0 Å². The summed E-state index contributed by atoms with van der Waals surface area (Å²) in [6, 6.07) is 0. The van der Waals surface area contributed by atoms with E-state index in [1.54, 1.807) is 0 Å². The monoisotopic (exact) mass is 390 g/mol. The predicted octanol–water partition coefficient (Wildman–Crippen LogP) is 6.36. The fraction of sp³-hybridized carbons (Fsp3) is 0.889. The maximum absolute atomic E-state index is 6.26. The van der Waals surface area contributed by atoms with Gasteiger partial charge in [0, 0.05) is 0 Å². The van der Waals surface area contributed by atoms with E-state index in [1.165, 1.54) is 51.8 Å². The SMILES string of the molecule is C=CC[CH](OCC)[Sn]([CH2]CCC)([CH2]CCC)[CH2]CCC. The van der Waals surface area contributed by atoms with E-state index in [-0.39, 0.29) is 0 Å². The van der Waals surface area contributed by atoms with Gasteiger partial charge in [-0.15, -0.1) is 0 Å². The average molecular weight is 389 g/mol. The maximum atomic E-state index is 6.26. The van der Waals surface area contributed by atoms with Gasteiger partial charge in [-0.2, -0.15) is 0 Å². The Labute approximate surface area is 132 Å². The van der Waals surface area contributed by atoms with Gasteiger partial charge in [0.05, 0.1) is 0 Å². The third-order valence-corrected chi connectivity index (χ3v) is 21.1. The van der Waals surface area contributed by atoms with E-state index in [9.17, 15) is 0 Å². The third kappa shape index (κ3) is 7.49. The molecule has 0 saturated carbocycles. The van der Waals surface area contributed by atoms with E-state index in [0.29, 0.717) is 4.12 Å². The first-order chi connectivity index (χ1) is 9.70. The van der Waals surface area contributed by atoms with E-state index in [0.717, 1.165) is 13.0 Å². The van der Waals surface area contributed by atoms with Gasteiger partial charge in [-0.25, -0.2) is 0 Å². The summed E-state index contributed by atoms with van der Waals surface area (Å²) in [4.78, 5) is 0. The fourth-order valence-electron chi connectivity index (χ4n) is 3.29. The molecule has 0 saturated heterocycles. The Morgan fingerprint density at radius 1 is 0.900 bits per heavy atom. The molecule has 2 heteroatoms. The first kappa shape index (κ1) is 20.5. The molecule has 120 valence electrons. The molecule has 0 aliphatic heterocycles. The van der Waals surface area contributed by atoms with Gasteiger partial charge in [-0.3, -0.25) is 0 Å². The number of ether oxygens (including phenoxy) is 1. The Bertz CT molecular complexity index is 206. The number of hydrogen-bond donors (Lipinski definition) is 0. The van der Waals surface area contributed by atoms with Crippen LogP contribution in [0.15, 0.2) is 12.7 Å². The van der Waals surface area contributed by atoms with Gasteiger partial charge < -0.3 is 0 Å². The van der Waals surface area contributed by atoms with Gasteiger partial charge in [0.2, 0.25) is 0 Å². The van der Waals surface area contributed by atoms with E-state index in [1.807, 2.05) is 0 Å². The van der Waals surface area contributed by atoms with Crippen molar-refractivity contribution in [2.75, 3.05) is 6.61 Å². The van der Waals surface area contributed by atoms with Gasteiger partial charge in [-0.05, 0) is 0 Å². The zero-order chi connectivity index (χ0) is 15.3. The predicted molar refractivity (Wildman–Crippen MR) is 95.1 cm³/mol. The Morgan fingerprint density at radius 2 is 1.35 bits per heavy atom. The Hall–Kier alpha value is 0.499. The van der Waals surface area contributed by atoms with Gasteiger partial charge in [0.1, 0.15) is 0 Å². The van der Waals surface area contributed by atoms with E-state index >= 15 is 0 Å². The van der Waals surface area contributed by atoms with Crippen LogP contribution in [-0.4, -0.2) is 29.1 Å². The molecule has 0 radical (unpaired) electrons. The van der Waals surface area contributed by atoms with Crippen molar-refractivity contribution in [3.63, 3.8) is 0 Å². The molecule has 0 fully saturated rings. The second-order valence-corrected chi connectivity index (χ2v) is 20.0. The second-order valence-electron chi connectivity index (χ2n) is 6.14. The van der Waals surface area contributed by atoms with Crippen molar-refractivity contribution in [3.8, 4) is 0 Å². The third-order valence-electron chi connectivity index (χ3n) is 4.52. The summed E-state index contributed by atoms with van der Waals surface area (Å²) in [6.45, 7) is 14.0. The van der Waals surface area contributed by atoms with Gasteiger partial charge >= 0.3 is 132 Å². The standard InChI is InChI=1S/C6H11O.3C4H9.Sn/c1-3-5-6-7-4-2;3*1-3-4-2;/h3,6H,1,4-5H2,2H3;3*1,3-4H2,2H3;. The summed E-state index contributed by atoms with van der Waals surface area (Å²) in [5, 5.41) is 0. The molecule has 1 atom stereocenters. The quantitative estimate of drug-likeness (QED) is 0.248. The van der Waals surface area contributed by atoms with Crippen molar-refractivity contribution in [1.82, 2.24) is 0 Å². The molecule has 0 aromatic rings. The molecule has 0 aliphatic carbocycles. The summed E-state index contributed by atoms with van der Waals surface area (Å²) < 4.78 is 11.4. The first-order valence-electron chi connectivity index (χ1n) is 8.93. The van der Waals surface area contributed by atoms with Crippen LogP contribution in [0.4, 0.5) is 0 Å². The normalized spacial score (nSPS) is 13.4. The van der Waals surface area contributed by atoms with Gasteiger partial charge in [0.15, 0.2) is 0 Å². The van der Waals surface area contributed by atoms with Crippen LogP contribution < -0.4 is 0 Å². The van der Waals surface area contributed by atoms with Crippen molar-refractivity contribution in [2.24, 2.45) is 0 Å². The molecule has 0 spiro atoms. The van der Waals surface area contributed by atoms with Crippen LogP contribution >= 0.6 is 0 Å². The van der Waals surface area contributed by atoms with E-state index in [2.05, 4.69) is 40.3 Å². The molecule has 20 heavy (non-hydrogen) atoms. The van der Waals surface area contributed by atoms with E-state index < -0.39 is 18.4 Å². The van der Waals surface area contributed by atoms with Crippen molar-refractivity contribution < 1.29 is 4.74 Å². The van der Waals surface area contributed by atoms with Crippen LogP contribution in [0, 0.1) is 0 Å². The molecular formula is C18H38OSn. The molecule has 0 rings (SSSR count). The molecule has 1 nitrogen and oxygen atoms in total. The Balaban J connectivity index is 5.08. The Kier molecular flexibility index (Phi) is 13.5. The summed E-state index contributed by atoms with van der Waals surface area (Å²) in [6.07, 6.45) is 11.5. The number of unbranched alkanes of at least 4 members (excludes halogenated alkanes) is 3. The molecule has 0 N–H and O–H groups in total. The van der Waals surface area contributed by atoms with Crippen LogP contribution in [0.2, 0.25) is 13.3 Å².